The molecule has 1 saturated carbocycles. The summed E-state index contributed by atoms with van der Waals surface area (Å²) in [6, 6.07) is 14.1. The van der Waals surface area contributed by atoms with Gasteiger partial charge in [-0.2, -0.15) is 0 Å². The van der Waals surface area contributed by atoms with E-state index in [1.807, 2.05) is 11.0 Å². The first-order valence-corrected chi connectivity index (χ1v) is 10.4. The third kappa shape index (κ3) is 4.40. The smallest absolute Gasteiger partial charge is 0.115 e. The molecule has 2 unspecified atom stereocenters. The number of piperidine rings is 1. The summed E-state index contributed by atoms with van der Waals surface area (Å²) in [6.07, 6.45) is 4.80. The summed E-state index contributed by atoms with van der Waals surface area (Å²) >= 11 is 0. The van der Waals surface area contributed by atoms with Crippen LogP contribution in [-0.4, -0.2) is 45.6 Å². The van der Waals surface area contributed by atoms with Crippen LogP contribution in [0.25, 0.3) is 0 Å². The largest absolute Gasteiger partial charge is 0.508 e. The van der Waals surface area contributed by atoms with Crippen LogP contribution < -0.4 is 0 Å². The minimum atomic E-state index is -0.596. The van der Waals surface area contributed by atoms with Crippen molar-refractivity contribution in [2.75, 3.05) is 19.8 Å². The molecule has 2 atom stereocenters. The Kier molecular flexibility index (Phi) is 5.46. The maximum Gasteiger partial charge on any atom is 0.115 e. The fourth-order valence-corrected chi connectivity index (χ4v) is 4.62. The highest BCUT2D eigenvalue weighted by molar-refractivity contribution is 5.45. The number of hydrogen-bond donors (Lipinski definition) is 3. The number of aliphatic hydroxyl groups is 2. The van der Waals surface area contributed by atoms with Gasteiger partial charge in [0.1, 0.15) is 5.75 Å². The number of aliphatic hydroxyl groups excluding tert-OH is 1. The minimum absolute atomic E-state index is 0.0978. The Labute approximate surface area is 167 Å². The fourth-order valence-electron chi connectivity index (χ4n) is 4.62. The van der Waals surface area contributed by atoms with Crippen molar-refractivity contribution in [2.45, 2.75) is 50.5 Å². The van der Waals surface area contributed by atoms with Crippen molar-refractivity contribution in [3.8, 4) is 5.75 Å². The molecule has 28 heavy (non-hydrogen) atoms. The van der Waals surface area contributed by atoms with Crippen LogP contribution in [0.3, 0.4) is 0 Å². The molecule has 4 nitrogen and oxygen atoms in total. The first kappa shape index (κ1) is 19.4. The quantitative estimate of drug-likeness (QED) is 0.763. The zero-order valence-corrected chi connectivity index (χ0v) is 16.6. The summed E-state index contributed by atoms with van der Waals surface area (Å²) in [7, 11) is 0. The Morgan fingerprint density at radius 3 is 2.46 bits per heavy atom. The van der Waals surface area contributed by atoms with Crippen molar-refractivity contribution >= 4 is 0 Å². The average Bonchev–Trinajstić information content (AvgIpc) is 3.37. The van der Waals surface area contributed by atoms with Gasteiger partial charge in [0.15, 0.2) is 0 Å². The number of phenolic OH excluding ortho intramolecular Hbond substituents is 1. The maximum atomic E-state index is 10.5. The van der Waals surface area contributed by atoms with E-state index in [1.54, 1.807) is 6.07 Å². The molecule has 5 rings (SSSR count). The van der Waals surface area contributed by atoms with Gasteiger partial charge in [0.2, 0.25) is 0 Å². The molecule has 2 aliphatic carbocycles. The minimum Gasteiger partial charge on any atom is -0.508 e. The van der Waals surface area contributed by atoms with Crippen molar-refractivity contribution in [3.05, 3.63) is 64.7 Å². The van der Waals surface area contributed by atoms with E-state index < -0.39 is 5.60 Å². The third-order valence-electron chi connectivity index (χ3n) is 6.57. The number of rotatable bonds is 3. The normalized spacial score (nSPS) is 24.7. The molecule has 3 N–H and O–H groups in total. The van der Waals surface area contributed by atoms with Crippen molar-refractivity contribution in [1.82, 2.24) is 4.90 Å². The van der Waals surface area contributed by atoms with Gasteiger partial charge in [0.05, 0.1) is 12.3 Å². The molecule has 3 aliphatic rings. The van der Waals surface area contributed by atoms with Crippen LogP contribution in [0, 0.1) is 12.8 Å². The second-order valence-corrected chi connectivity index (χ2v) is 8.84. The van der Waals surface area contributed by atoms with Crippen molar-refractivity contribution in [1.29, 1.82) is 0 Å². The number of aromatic hydroxyl groups is 1. The molecular formula is C24H31NO3. The number of likely N-dealkylation sites (tertiary alicyclic amines) is 1. The van der Waals surface area contributed by atoms with E-state index in [1.165, 1.54) is 35.1 Å². The SMILES string of the molecule is Cc1ccc(CC2(O)CCN(CO)CC2)cc1.Oc1ccc2c(c1)C1CC1C2. The second kappa shape index (κ2) is 7.86. The van der Waals surface area contributed by atoms with Crippen LogP contribution in [-0.2, 0) is 12.8 Å². The molecule has 1 aliphatic heterocycles. The number of benzene rings is 2. The number of aryl methyl sites for hydroxylation is 1. The molecule has 2 aromatic rings. The Balaban J connectivity index is 0.000000149. The fraction of sp³-hybridized carbons (Fsp3) is 0.500. The molecule has 1 saturated heterocycles. The van der Waals surface area contributed by atoms with Gasteiger partial charge in [0, 0.05) is 19.5 Å². The first-order chi connectivity index (χ1) is 13.5. The van der Waals surface area contributed by atoms with Gasteiger partial charge in [-0.15, -0.1) is 0 Å². The predicted octanol–water partition coefficient (Wildman–Crippen LogP) is 3.37. The van der Waals surface area contributed by atoms with Gasteiger partial charge in [-0.25, -0.2) is 0 Å². The van der Waals surface area contributed by atoms with Gasteiger partial charge in [0.25, 0.3) is 0 Å². The molecular weight excluding hydrogens is 350 g/mol. The van der Waals surface area contributed by atoms with Crippen molar-refractivity contribution in [2.24, 2.45) is 5.92 Å². The van der Waals surface area contributed by atoms with Crippen molar-refractivity contribution < 1.29 is 15.3 Å². The summed E-state index contributed by atoms with van der Waals surface area (Å²) in [5.41, 5.74) is 4.71. The van der Waals surface area contributed by atoms with E-state index >= 15 is 0 Å². The van der Waals surface area contributed by atoms with Crippen LogP contribution in [0.5, 0.6) is 5.75 Å². The summed E-state index contributed by atoms with van der Waals surface area (Å²) in [5, 5.41) is 28.8. The van der Waals surface area contributed by atoms with Gasteiger partial charge in [-0.3, -0.25) is 4.90 Å². The number of nitrogens with zero attached hydrogens (tertiary/aromatic N) is 1. The molecule has 2 aromatic carbocycles. The lowest BCUT2D eigenvalue weighted by Gasteiger charge is -2.37. The van der Waals surface area contributed by atoms with E-state index in [0.29, 0.717) is 12.2 Å². The molecule has 0 bridgehead atoms. The number of fused-ring (bicyclic) bond motifs is 3. The summed E-state index contributed by atoms with van der Waals surface area (Å²) in [4.78, 5) is 1.96. The van der Waals surface area contributed by atoms with Crippen LogP contribution in [0.4, 0.5) is 0 Å². The molecule has 4 heteroatoms. The highest BCUT2D eigenvalue weighted by Crippen LogP contribution is 2.56. The Hall–Kier alpha value is -1.88. The molecule has 1 heterocycles. The Morgan fingerprint density at radius 1 is 1.07 bits per heavy atom. The molecule has 150 valence electrons. The molecule has 0 amide bonds. The monoisotopic (exact) mass is 381 g/mol. The Morgan fingerprint density at radius 2 is 1.79 bits per heavy atom. The third-order valence-corrected chi connectivity index (χ3v) is 6.57. The average molecular weight is 382 g/mol. The summed E-state index contributed by atoms with van der Waals surface area (Å²) < 4.78 is 0. The maximum absolute atomic E-state index is 10.5. The first-order valence-electron chi connectivity index (χ1n) is 10.4. The standard InChI is InChI=1S/C14H21NO2.C10H10O/c1-12-2-4-13(5-3-12)10-14(17)6-8-15(11-16)9-7-14;11-8-2-1-6-3-7-4-9(7)10(6)5-8/h2-5,16-17H,6-11H2,1H3;1-2,5,7,9,11H,3-4H2. The van der Waals surface area contributed by atoms with E-state index in [4.69, 9.17) is 5.11 Å². The lowest BCUT2D eigenvalue weighted by molar-refractivity contribution is -0.0390. The van der Waals surface area contributed by atoms with Crippen molar-refractivity contribution in [3.63, 3.8) is 0 Å². The topological polar surface area (TPSA) is 63.9 Å². The van der Waals surface area contributed by atoms with E-state index in [2.05, 4.69) is 37.3 Å². The van der Waals surface area contributed by atoms with Crippen LogP contribution in [0.2, 0.25) is 0 Å². The second-order valence-electron chi connectivity index (χ2n) is 8.84. The van der Waals surface area contributed by atoms with Gasteiger partial charge in [-0.05, 0) is 73.3 Å². The highest BCUT2D eigenvalue weighted by atomic mass is 16.3. The molecule has 0 aromatic heterocycles. The zero-order valence-electron chi connectivity index (χ0n) is 16.6. The van der Waals surface area contributed by atoms with Crippen LogP contribution in [0.15, 0.2) is 42.5 Å². The van der Waals surface area contributed by atoms with E-state index in [0.717, 1.165) is 37.8 Å². The lowest BCUT2D eigenvalue weighted by atomic mass is 9.85. The predicted molar refractivity (Wildman–Crippen MR) is 110 cm³/mol. The van der Waals surface area contributed by atoms with E-state index in [-0.39, 0.29) is 6.73 Å². The molecule has 0 radical (unpaired) electrons. The highest BCUT2D eigenvalue weighted by Gasteiger charge is 2.44. The zero-order chi connectivity index (χ0) is 19.7. The van der Waals surface area contributed by atoms with Crippen LogP contribution in [0.1, 0.15) is 47.4 Å². The van der Waals surface area contributed by atoms with Gasteiger partial charge in [-0.1, -0.05) is 35.9 Å². The number of phenols is 1. The number of hydrogen-bond acceptors (Lipinski definition) is 4. The van der Waals surface area contributed by atoms with Gasteiger partial charge >= 0.3 is 0 Å². The lowest BCUT2D eigenvalue weighted by Crippen LogP contribution is -2.45. The van der Waals surface area contributed by atoms with Gasteiger partial charge < -0.3 is 15.3 Å². The van der Waals surface area contributed by atoms with E-state index in [9.17, 15) is 10.2 Å². The summed E-state index contributed by atoms with van der Waals surface area (Å²) in [6.45, 7) is 3.72. The summed E-state index contributed by atoms with van der Waals surface area (Å²) in [5.74, 6) is 2.15. The molecule has 2 fully saturated rings. The Bertz CT molecular complexity index is 809. The van der Waals surface area contributed by atoms with Crippen LogP contribution >= 0.6 is 0 Å². The molecule has 0 spiro atoms.